The second-order valence-electron chi connectivity index (χ2n) is 9.02. The van der Waals surface area contributed by atoms with Crippen LogP contribution in [0.25, 0.3) is 0 Å². The fourth-order valence-electron chi connectivity index (χ4n) is 4.73. The lowest BCUT2D eigenvalue weighted by atomic mass is 9.87. The van der Waals surface area contributed by atoms with Crippen LogP contribution in [0.15, 0.2) is 41.8 Å². The van der Waals surface area contributed by atoms with Gasteiger partial charge in [-0.25, -0.2) is 0 Å². The number of alkyl halides is 3. The molecule has 3 heterocycles. The zero-order chi connectivity index (χ0) is 25.0. The van der Waals surface area contributed by atoms with Gasteiger partial charge in [-0.2, -0.15) is 13.2 Å². The van der Waals surface area contributed by atoms with Crippen molar-refractivity contribution in [2.75, 3.05) is 26.2 Å². The molecule has 10 heteroatoms. The van der Waals surface area contributed by atoms with Gasteiger partial charge in [0.15, 0.2) is 0 Å². The SMILES string of the molecule is O=C(NC(C(=O)N1CCCCC1)C1CCN(C(=O)c2ccc(C(F)(F)F)cc2)CC1)c1cccs1. The molecule has 1 aromatic heterocycles. The molecule has 2 fully saturated rings. The number of rotatable bonds is 5. The van der Waals surface area contributed by atoms with Crippen molar-refractivity contribution in [3.63, 3.8) is 0 Å². The van der Waals surface area contributed by atoms with Crippen molar-refractivity contribution in [1.29, 1.82) is 0 Å². The van der Waals surface area contributed by atoms with Crippen LogP contribution in [0.2, 0.25) is 0 Å². The maximum absolute atomic E-state index is 13.4. The Kier molecular flexibility index (Phi) is 7.78. The normalized spacial score (nSPS) is 18.3. The van der Waals surface area contributed by atoms with Crippen LogP contribution >= 0.6 is 11.3 Å². The van der Waals surface area contributed by atoms with Crippen molar-refractivity contribution in [3.05, 3.63) is 57.8 Å². The molecule has 2 aromatic rings. The highest BCUT2D eigenvalue weighted by Crippen LogP contribution is 2.30. The molecular weight excluding hydrogens is 479 g/mol. The fourth-order valence-corrected chi connectivity index (χ4v) is 5.36. The zero-order valence-electron chi connectivity index (χ0n) is 19.2. The molecule has 35 heavy (non-hydrogen) atoms. The van der Waals surface area contributed by atoms with E-state index in [0.29, 0.717) is 43.9 Å². The number of nitrogens with zero attached hydrogens (tertiary/aromatic N) is 2. The number of hydrogen-bond acceptors (Lipinski definition) is 4. The molecule has 1 atom stereocenters. The number of halogens is 3. The van der Waals surface area contributed by atoms with E-state index in [1.54, 1.807) is 17.0 Å². The van der Waals surface area contributed by atoms with E-state index < -0.39 is 17.8 Å². The number of piperidine rings is 2. The maximum Gasteiger partial charge on any atom is 0.416 e. The van der Waals surface area contributed by atoms with E-state index in [9.17, 15) is 27.6 Å². The van der Waals surface area contributed by atoms with E-state index in [4.69, 9.17) is 0 Å². The van der Waals surface area contributed by atoms with Crippen LogP contribution in [0, 0.1) is 5.92 Å². The average Bonchev–Trinajstić information content (AvgIpc) is 3.42. The molecule has 3 amide bonds. The van der Waals surface area contributed by atoms with Crippen molar-refractivity contribution in [2.45, 2.75) is 44.3 Å². The topological polar surface area (TPSA) is 69.7 Å². The third-order valence-electron chi connectivity index (χ3n) is 6.72. The molecule has 4 rings (SSSR count). The Morgan fingerprint density at radius 3 is 2.14 bits per heavy atom. The first-order valence-corrected chi connectivity index (χ1v) is 12.7. The van der Waals surface area contributed by atoms with Gasteiger partial charge in [0.1, 0.15) is 6.04 Å². The lowest BCUT2D eigenvalue weighted by molar-refractivity contribution is -0.137. The number of carbonyl (C=O) groups excluding carboxylic acids is 3. The van der Waals surface area contributed by atoms with E-state index >= 15 is 0 Å². The summed E-state index contributed by atoms with van der Waals surface area (Å²) in [7, 11) is 0. The van der Waals surface area contributed by atoms with E-state index in [1.165, 1.54) is 23.5 Å². The quantitative estimate of drug-likeness (QED) is 0.651. The van der Waals surface area contributed by atoms with E-state index in [0.717, 1.165) is 31.4 Å². The highest BCUT2D eigenvalue weighted by atomic mass is 32.1. The van der Waals surface area contributed by atoms with Gasteiger partial charge in [-0.1, -0.05) is 6.07 Å². The molecule has 0 radical (unpaired) electrons. The predicted molar refractivity (Wildman–Crippen MR) is 126 cm³/mol. The van der Waals surface area contributed by atoms with E-state index in [2.05, 4.69) is 5.32 Å². The summed E-state index contributed by atoms with van der Waals surface area (Å²) in [5, 5.41) is 4.76. The standard InChI is InChI=1S/C25H28F3N3O3S/c26-25(27,28)19-8-6-18(7-9-19)23(33)31-14-10-17(11-15-31)21(24(34)30-12-2-1-3-13-30)29-22(32)20-5-4-16-35-20/h4-9,16-17,21H,1-3,10-15H2,(H,29,32). The first-order valence-electron chi connectivity index (χ1n) is 11.8. The average molecular weight is 508 g/mol. The Morgan fingerprint density at radius 1 is 0.914 bits per heavy atom. The molecule has 2 saturated heterocycles. The molecule has 0 aliphatic carbocycles. The zero-order valence-corrected chi connectivity index (χ0v) is 20.0. The van der Waals surface area contributed by atoms with Crippen molar-refractivity contribution < 1.29 is 27.6 Å². The third kappa shape index (κ3) is 6.04. The molecule has 1 N–H and O–H groups in total. The second-order valence-corrected chi connectivity index (χ2v) is 9.97. The van der Waals surface area contributed by atoms with Gasteiger partial charge in [0.05, 0.1) is 10.4 Å². The van der Waals surface area contributed by atoms with Gasteiger partial charge in [-0.3, -0.25) is 14.4 Å². The molecule has 2 aliphatic heterocycles. The van der Waals surface area contributed by atoms with E-state index in [-0.39, 0.29) is 29.2 Å². The first-order chi connectivity index (χ1) is 16.7. The largest absolute Gasteiger partial charge is 0.416 e. The van der Waals surface area contributed by atoms with Crippen LogP contribution in [-0.2, 0) is 11.0 Å². The van der Waals surface area contributed by atoms with Gasteiger partial charge in [0, 0.05) is 31.7 Å². The van der Waals surface area contributed by atoms with Crippen LogP contribution in [0.3, 0.4) is 0 Å². The Balaban J connectivity index is 1.42. The summed E-state index contributed by atoms with van der Waals surface area (Å²) < 4.78 is 38.5. The maximum atomic E-state index is 13.4. The monoisotopic (exact) mass is 507 g/mol. The molecule has 188 valence electrons. The van der Waals surface area contributed by atoms with Crippen LogP contribution in [0.5, 0.6) is 0 Å². The van der Waals surface area contributed by atoms with Crippen molar-refractivity contribution in [3.8, 4) is 0 Å². The third-order valence-corrected chi connectivity index (χ3v) is 7.59. The Hall–Kier alpha value is -2.88. The number of thiophene rings is 1. The number of carbonyl (C=O) groups is 3. The number of nitrogens with one attached hydrogen (secondary N) is 1. The van der Waals surface area contributed by atoms with Crippen LogP contribution in [0.1, 0.15) is 57.7 Å². The molecular formula is C25H28F3N3O3S. The van der Waals surface area contributed by atoms with Gasteiger partial charge in [0.2, 0.25) is 5.91 Å². The molecule has 0 saturated carbocycles. The number of amides is 3. The van der Waals surface area contributed by atoms with Crippen molar-refractivity contribution >= 4 is 29.1 Å². The van der Waals surface area contributed by atoms with Gasteiger partial charge in [-0.15, -0.1) is 11.3 Å². The Morgan fingerprint density at radius 2 is 1.57 bits per heavy atom. The summed E-state index contributed by atoms with van der Waals surface area (Å²) in [6, 6.07) is 7.04. The highest BCUT2D eigenvalue weighted by molar-refractivity contribution is 7.12. The minimum Gasteiger partial charge on any atom is -0.341 e. The van der Waals surface area contributed by atoms with Gasteiger partial charge >= 0.3 is 6.18 Å². The van der Waals surface area contributed by atoms with Crippen LogP contribution in [0.4, 0.5) is 13.2 Å². The molecule has 2 aliphatic rings. The van der Waals surface area contributed by atoms with Crippen LogP contribution < -0.4 is 5.32 Å². The predicted octanol–water partition coefficient (Wildman–Crippen LogP) is 4.43. The minimum absolute atomic E-state index is 0.0814. The molecule has 0 bridgehead atoms. The van der Waals surface area contributed by atoms with Gasteiger partial charge < -0.3 is 15.1 Å². The van der Waals surface area contributed by atoms with Gasteiger partial charge in [0.25, 0.3) is 11.8 Å². The molecule has 0 spiro atoms. The Bertz CT molecular complexity index is 1030. The number of hydrogen-bond donors (Lipinski definition) is 1. The lowest BCUT2D eigenvalue weighted by Gasteiger charge is -2.38. The van der Waals surface area contributed by atoms with E-state index in [1.807, 2.05) is 10.3 Å². The van der Waals surface area contributed by atoms with Crippen molar-refractivity contribution in [2.24, 2.45) is 5.92 Å². The minimum atomic E-state index is -4.45. The van der Waals surface area contributed by atoms with Crippen LogP contribution in [-0.4, -0.2) is 59.7 Å². The summed E-state index contributed by atoms with van der Waals surface area (Å²) in [5.74, 6) is -0.829. The smallest absolute Gasteiger partial charge is 0.341 e. The number of likely N-dealkylation sites (tertiary alicyclic amines) is 2. The molecule has 1 unspecified atom stereocenters. The highest BCUT2D eigenvalue weighted by Gasteiger charge is 2.37. The number of benzene rings is 1. The van der Waals surface area contributed by atoms with Gasteiger partial charge in [-0.05, 0) is 73.7 Å². The summed E-state index contributed by atoms with van der Waals surface area (Å²) in [6.45, 7) is 2.08. The van der Waals surface area contributed by atoms with Crippen molar-refractivity contribution in [1.82, 2.24) is 15.1 Å². The molecule has 1 aromatic carbocycles. The lowest BCUT2D eigenvalue weighted by Crippen LogP contribution is -2.55. The second kappa shape index (κ2) is 10.8. The summed E-state index contributed by atoms with van der Waals surface area (Å²) in [4.78, 5) is 43.0. The summed E-state index contributed by atoms with van der Waals surface area (Å²) in [5.41, 5.74) is -0.600. The first kappa shape index (κ1) is 25.2. The fraction of sp³-hybridized carbons (Fsp3) is 0.480. The summed E-state index contributed by atoms with van der Waals surface area (Å²) >= 11 is 1.31. The summed E-state index contributed by atoms with van der Waals surface area (Å²) in [6.07, 6.45) is -0.457. The Labute approximate surface area is 206 Å². The molecule has 6 nitrogen and oxygen atoms in total.